The van der Waals surface area contributed by atoms with Gasteiger partial charge in [-0.3, -0.25) is 4.31 Å². The molecule has 1 aliphatic rings. The number of alkyl halides is 3. The van der Waals surface area contributed by atoms with Crippen molar-refractivity contribution < 1.29 is 40.2 Å². The maximum atomic E-state index is 13.8. The highest BCUT2D eigenvalue weighted by Crippen LogP contribution is 2.41. The molecule has 1 aliphatic heterocycles. The predicted octanol–water partition coefficient (Wildman–Crippen LogP) is 5.38. The van der Waals surface area contributed by atoms with E-state index < -0.39 is 44.4 Å². The lowest BCUT2D eigenvalue weighted by molar-refractivity contribution is -0.137. The van der Waals surface area contributed by atoms with Crippen LogP contribution in [0.1, 0.15) is 18.4 Å². The third kappa shape index (κ3) is 5.10. The van der Waals surface area contributed by atoms with Crippen LogP contribution >= 0.6 is 0 Å². The number of fused-ring (bicyclic) bond motifs is 1. The zero-order chi connectivity index (χ0) is 25.4. The maximum Gasteiger partial charge on any atom is 0.416 e. The van der Waals surface area contributed by atoms with Crippen molar-refractivity contribution in [2.45, 2.75) is 30.0 Å². The molecule has 0 aromatic heterocycles. The van der Waals surface area contributed by atoms with Gasteiger partial charge in [-0.2, -0.15) is 13.2 Å². The number of benzene rings is 3. The van der Waals surface area contributed by atoms with E-state index in [0.717, 1.165) is 34.6 Å². The van der Waals surface area contributed by atoms with Gasteiger partial charge in [-0.05, 0) is 66.4 Å². The van der Waals surface area contributed by atoms with E-state index in [9.17, 15) is 30.4 Å². The van der Waals surface area contributed by atoms with Crippen LogP contribution < -0.4 is 9.04 Å². The van der Waals surface area contributed by atoms with Gasteiger partial charge in [0.25, 0.3) is 10.0 Å². The Morgan fingerprint density at radius 2 is 1.69 bits per heavy atom. The quantitative estimate of drug-likeness (QED) is 0.450. The van der Waals surface area contributed by atoms with E-state index in [0.29, 0.717) is 24.5 Å². The number of ether oxygens (including phenoxy) is 1. The second kappa shape index (κ2) is 9.46. The second-order valence-electron chi connectivity index (χ2n) is 7.98. The molecule has 5 nitrogen and oxygen atoms in total. The summed E-state index contributed by atoms with van der Waals surface area (Å²) in [5.74, 6) is -1.98. The van der Waals surface area contributed by atoms with E-state index in [-0.39, 0.29) is 30.2 Å². The summed E-state index contributed by atoms with van der Waals surface area (Å²) >= 11 is 0. The molecule has 0 radical (unpaired) electrons. The number of sulfonamides is 1. The summed E-state index contributed by atoms with van der Waals surface area (Å²) in [5, 5.41) is 9.16. The summed E-state index contributed by atoms with van der Waals surface area (Å²) < 4.78 is 101. The van der Waals surface area contributed by atoms with Crippen LogP contribution in [0.15, 0.2) is 65.6 Å². The summed E-state index contributed by atoms with van der Waals surface area (Å²) in [6.45, 7) is -0.366. The van der Waals surface area contributed by atoms with Gasteiger partial charge in [-0.25, -0.2) is 17.2 Å². The topological polar surface area (TPSA) is 66.8 Å². The third-order valence-corrected chi connectivity index (χ3v) is 7.35. The highest BCUT2D eigenvalue weighted by molar-refractivity contribution is 7.92. The summed E-state index contributed by atoms with van der Waals surface area (Å²) in [6, 6.07) is 11.0. The van der Waals surface area contributed by atoms with E-state index in [1.807, 2.05) is 0 Å². The van der Waals surface area contributed by atoms with E-state index in [1.54, 1.807) is 0 Å². The highest BCUT2D eigenvalue weighted by atomic mass is 32.2. The fourth-order valence-corrected chi connectivity index (χ4v) is 5.37. The van der Waals surface area contributed by atoms with Crippen LogP contribution in [0.25, 0.3) is 11.1 Å². The fourth-order valence-electron chi connectivity index (χ4n) is 3.82. The Hall–Kier alpha value is -3.18. The Morgan fingerprint density at radius 1 is 0.971 bits per heavy atom. The SMILES string of the molecule is O=S(=O)(c1cccc(C(F)(F)F)c1)N1C[C@H](CCCO)Oc2ccc(-c3ccc(F)c(F)c3)cc21. The number of nitrogens with zero attached hydrogens (tertiary/aromatic N) is 1. The van der Waals surface area contributed by atoms with Gasteiger partial charge in [0, 0.05) is 6.61 Å². The first-order chi connectivity index (χ1) is 16.5. The molecule has 0 saturated carbocycles. The van der Waals surface area contributed by atoms with E-state index in [1.165, 1.54) is 24.3 Å². The van der Waals surface area contributed by atoms with E-state index in [4.69, 9.17) is 9.84 Å². The predicted molar refractivity (Wildman–Crippen MR) is 119 cm³/mol. The van der Waals surface area contributed by atoms with Crippen molar-refractivity contribution in [1.82, 2.24) is 0 Å². The van der Waals surface area contributed by atoms with Crippen molar-refractivity contribution in [3.05, 3.63) is 77.9 Å². The lowest BCUT2D eigenvalue weighted by Crippen LogP contribution is -2.43. The third-order valence-electron chi connectivity index (χ3n) is 5.58. The van der Waals surface area contributed by atoms with Crippen LogP contribution in [-0.4, -0.2) is 32.8 Å². The molecule has 1 N–H and O–H groups in total. The minimum absolute atomic E-state index is 0.0462. The molecule has 3 aromatic carbocycles. The minimum Gasteiger partial charge on any atom is -0.486 e. The first kappa shape index (κ1) is 24.9. The number of aliphatic hydroxyl groups is 1. The Labute approximate surface area is 198 Å². The molecule has 0 spiro atoms. The number of anilines is 1. The van der Waals surface area contributed by atoms with Crippen molar-refractivity contribution in [2.24, 2.45) is 0 Å². The number of hydrogen-bond acceptors (Lipinski definition) is 4. The molecule has 3 aromatic rings. The number of rotatable bonds is 6. The normalized spacial score (nSPS) is 16.1. The zero-order valence-corrected chi connectivity index (χ0v) is 18.9. The maximum absolute atomic E-state index is 13.8. The smallest absolute Gasteiger partial charge is 0.416 e. The van der Waals surface area contributed by atoms with Crippen LogP contribution in [0.5, 0.6) is 5.75 Å². The lowest BCUT2D eigenvalue weighted by atomic mass is 10.0. The second-order valence-corrected chi connectivity index (χ2v) is 9.84. The van der Waals surface area contributed by atoms with Gasteiger partial charge < -0.3 is 9.84 Å². The average molecular weight is 513 g/mol. The van der Waals surface area contributed by atoms with Gasteiger partial charge in [-0.1, -0.05) is 18.2 Å². The Kier molecular flexibility index (Phi) is 6.74. The van der Waals surface area contributed by atoms with Crippen LogP contribution in [-0.2, 0) is 16.2 Å². The van der Waals surface area contributed by atoms with Crippen molar-refractivity contribution in [2.75, 3.05) is 17.5 Å². The number of halogens is 5. The molecule has 0 saturated heterocycles. The Bertz CT molecular complexity index is 1340. The monoisotopic (exact) mass is 513 g/mol. The largest absolute Gasteiger partial charge is 0.486 e. The van der Waals surface area contributed by atoms with E-state index >= 15 is 0 Å². The Balaban J connectivity index is 1.82. The van der Waals surface area contributed by atoms with Crippen molar-refractivity contribution in [3.8, 4) is 16.9 Å². The van der Waals surface area contributed by atoms with Gasteiger partial charge in [-0.15, -0.1) is 0 Å². The lowest BCUT2D eigenvalue weighted by Gasteiger charge is -2.36. The summed E-state index contributed by atoms with van der Waals surface area (Å²) in [5.41, 5.74) is -0.445. The molecule has 0 fully saturated rings. The number of aliphatic hydroxyl groups excluding tert-OH is 1. The van der Waals surface area contributed by atoms with Gasteiger partial charge >= 0.3 is 6.18 Å². The molecule has 1 heterocycles. The molecule has 186 valence electrons. The first-order valence-electron chi connectivity index (χ1n) is 10.6. The molecule has 0 bridgehead atoms. The summed E-state index contributed by atoms with van der Waals surface area (Å²) in [7, 11) is -4.47. The van der Waals surface area contributed by atoms with Gasteiger partial charge in [0.2, 0.25) is 0 Å². The molecular formula is C24H20F5NO4S. The molecule has 0 amide bonds. The highest BCUT2D eigenvalue weighted by Gasteiger charge is 2.37. The molecule has 0 unspecified atom stereocenters. The fraction of sp³-hybridized carbons (Fsp3) is 0.250. The van der Waals surface area contributed by atoms with Crippen molar-refractivity contribution in [3.63, 3.8) is 0 Å². The number of hydrogen-bond donors (Lipinski definition) is 1. The molecule has 4 rings (SSSR count). The Morgan fingerprint density at radius 3 is 2.37 bits per heavy atom. The van der Waals surface area contributed by atoms with Gasteiger partial charge in [0.15, 0.2) is 11.6 Å². The van der Waals surface area contributed by atoms with Crippen LogP contribution in [0, 0.1) is 11.6 Å². The molecule has 0 aliphatic carbocycles. The van der Waals surface area contributed by atoms with E-state index in [2.05, 4.69) is 0 Å². The van der Waals surface area contributed by atoms with Gasteiger partial charge in [0.05, 0.1) is 22.7 Å². The van der Waals surface area contributed by atoms with Crippen LogP contribution in [0.4, 0.5) is 27.6 Å². The molecule has 11 heteroatoms. The minimum atomic E-state index is -4.74. The van der Waals surface area contributed by atoms with Crippen molar-refractivity contribution >= 4 is 15.7 Å². The first-order valence-corrected chi connectivity index (χ1v) is 12.0. The summed E-state index contributed by atoms with van der Waals surface area (Å²) in [6.07, 6.45) is -4.78. The van der Waals surface area contributed by atoms with Crippen LogP contribution in [0.2, 0.25) is 0 Å². The molecular weight excluding hydrogens is 493 g/mol. The summed E-state index contributed by atoms with van der Waals surface area (Å²) in [4.78, 5) is -0.556. The molecule has 1 atom stereocenters. The molecule has 35 heavy (non-hydrogen) atoms. The standard InChI is InChI=1S/C24H20F5NO4S/c25-20-8-6-15(11-21(20)26)16-7-9-23-22(12-16)30(14-18(34-23)4-2-10-31)35(32,33)19-5-1-3-17(13-19)24(27,28)29/h1,3,5-9,11-13,18,31H,2,4,10,14H2/t18-/m0/s1. The van der Waals surface area contributed by atoms with Crippen LogP contribution in [0.3, 0.4) is 0 Å². The van der Waals surface area contributed by atoms with Crippen molar-refractivity contribution in [1.29, 1.82) is 0 Å². The van der Waals surface area contributed by atoms with Gasteiger partial charge in [0.1, 0.15) is 11.9 Å². The average Bonchev–Trinajstić information content (AvgIpc) is 2.83. The zero-order valence-electron chi connectivity index (χ0n) is 18.1.